The second-order valence-corrected chi connectivity index (χ2v) is 8.44. The Labute approximate surface area is 172 Å². The van der Waals surface area contributed by atoms with E-state index in [1.165, 1.54) is 49.9 Å². The Morgan fingerprint density at radius 1 is 1.21 bits per heavy atom. The Kier molecular flexibility index (Phi) is 4.92. The first kappa shape index (κ1) is 19.3. The highest BCUT2D eigenvalue weighted by molar-refractivity contribution is 9.10. The monoisotopic (exact) mass is 478 g/mol. The lowest BCUT2D eigenvalue weighted by Gasteiger charge is -2.12. The van der Waals surface area contributed by atoms with Gasteiger partial charge < -0.3 is 9.26 Å². The third kappa shape index (κ3) is 3.66. The average molecular weight is 479 g/mol. The minimum atomic E-state index is -3.89. The predicted molar refractivity (Wildman–Crippen MR) is 106 cm³/mol. The third-order valence-corrected chi connectivity index (χ3v) is 6.08. The van der Waals surface area contributed by atoms with Gasteiger partial charge in [0.2, 0.25) is 0 Å². The molecule has 4 rings (SSSR count). The fourth-order valence-electron chi connectivity index (χ4n) is 2.78. The second kappa shape index (κ2) is 7.41. The Bertz CT molecular complexity index is 1310. The Hall–Kier alpha value is -3.05. The first-order valence-electron chi connectivity index (χ1n) is 8.11. The molecule has 0 atom stereocenters. The van der Waals surface area contributed by atoms with Crippen LogP contribution < -0.4 is 9.46 Å². The van der Waals surface area contributed by atoms with E-state index in [1.807, 2.05) is 0 Å². The molecule has 0 amide bonds. The number of aromatic nitrogens is 3. The number of rotatable bonds is 5. The summed E-state index contributed by atoms with van der Waals surface area (Å²) in [4.78, 5) is 0.000835. The van der Waals surface area contributed by atoms with E-state index in [9.17, 15) is 12.8 Å². The van der Waals surface area contributed by atoms with Crippen LogP contribution in [0.4, 0.5) is 10.2 Å². The summed E-state index contributed by atoms with van der Waals surface area (Å²) in [6.45, 7) is 0. The molecule has 0 radical (unpaired) electrons. The number of hydrogen-bond acceptors (Lipinski definition) is 7. The van der Waals surface area contributed by atoms with Crippen LogP contribution >= 0.6 is 15.9 Å². The molecule has 1 N–H and O–H groups in total. The average Bonchev–Trinajstić information content (AvgIpc) is 3.21. The van der Waals surface area contributed by atoms with Gasteiger partial charge in [-0.05, 0) is 40.2 Å². The van der Waals surface area contributed by atoms with Gasteiger partial charge in [0.15, 0.2) is 5.82 Å². The van der Waals surface area contributed by atoms with Crippen molar-refractivity contribution in [2.75, 3.05) is 11.8 Å². The van der Waals surface area contributed by atoms with Crippen LogP contribution in [0.1, 0.15) is 0 Å². The van der Waals surface area contributed by atoms with E-state index in [-0.39, 0.29) is 15.2 Å². The molecule has 148 valence electrons. The number of halogens is 2. The molecule has 29 heavy (non-hydrogen) atoms. The molecule has 2 aromatic heterocycles. The van der Waals surface area contributed by atoms with Gasteiger partial charge >= 0.3 is 0 Å². The number of methoxy groups -OCH3 is 1. The van der Waals surface area contributed by atoms with Crippen LogP contribution in [0.2, 0.25) is 0 Å². The standard InChI is InChI=1S/C18H12BrFN4O4S/c1-27-16-8-14(19)15(20)7-13(16)18-12-3-2-11(6-10(12)9-21-22-18)29(25,26)24-17-4-5-28-23-17/h2-9H,1H3,(H,23,24). The van der Waals surface area contributed by atoms with Crippen molar-refractivity contribution < 1.29 is 22.1 Å². The summed E-state index contributed by atoms with van der Waals surface area (Å²) in [7, 11) is -2.43. The number of nitrogens with one attached hydrogen (secondary N) is 1. The van der Waals surface area contributed by atoms with Crippen molar-refractivity contribution in [3.63, 3.8) is 0 Å². The van der Waals surface area contributed by atoms with Crippen molar-refractivity contribution in [2.45, 2.75) is 4.90 Å². The maximum absolute atomic E-state index is 14.1. The van der Waals surface area contributed by atoms with Crippen LogP contribution in [0, 0.1) is 5.82 Å². The maximum atomic E-state index is 14.1. The van der Waals surface area contributed by atoms with E-state index in [2.05, 4.69) is 40.5 Å². The summed E-state index contributed by atoms with van der Waals surface area (Å²) in [6.07, 6.45) is 2.68. The number of sulfonamides is 1. The molecule has 0 aliphatic carbocycles. The van der Waals surface area contributed by atoms with E-state index in [4.69, 9.17) is 4.74 Å². The van der Waals surface area contributed by atoms with Crippen molar-refractivity contribution in [2.24, 2.45) is 0 Å². The van der Waals surface area contributed by atoms with Gasteiger partial charge in [0, 0.05) is 22.4 Å². The van der Waals surface area contributed by atoms with Crippen molar-refractivity contribution in [1.82, 2.24) is 15.4 Å². The smallest absolute Gasteiger partial charge is 0.263 e. The fraction of sp³-hybridized carbons (Fsp3) is 0.0556. The minimum Gasteiger partial charge on any atom is -0.496 e. The summed E-state index contributed by atoms with van der Waals surface area (Å²) < 4.78 is 51.8. The Morgan fingerprint density at radius 2 is 2.03 bits per heavy atom. The van der Waals surface area contributed by atoms with Crippen LogP contribution in [-0.4, -0.2) is 30.9 Å². The van der Waals surface area contributed by atoms with Crippen molar-refractivity contribution in [3.05, 3.63) is 59.1 Å². The largest absolute Gasteiger partial charge is 0.496 e. The molecule has 0 unspecified atom stereocenters. The highest BCUT2D eigenvalue weighted by Crippen LogP contribution is 2.36. The van der Waals surface area contributed by atoms with Gasteiger partial charge in [0.25, 0.3) is 10.0 Å². The van der Waals surface area contributed by atoms with Gasteiger partial charge in [-0.2, -0.15) is 5.10 Å². The molecule has 11 heteroatoms. The summed E-state index contributed by atoms with van der Waals surface area (Å²) in [5.74, 6) is -0.0335. The van der Waals surface area contributed by atoms with Gasteiger partial charge in [-0.25, -0.2) is 12.8 Å². The van der Waals surface area contributed by atoms with Gasteiger partial charge in [0.05, 0.1) is 22.7 Å². The molecular weight excluding hydrogens is 467 g/mol. The topological polar surface area (TPSA) is 107 Å². The van der Waals surface area contributed by atoms with Crippen molar-refractivity contribution >= 4 is 42.5 Å². The molecule has 2 aromatic carbocycles. The third-order valence-electron chi connectivity index (χ3n) is 4.12. The Balaban J connectivity index is 1.83. The number of benzene rings is 2. The zero-order chi connectivity index (χ0) is 20.6. The zero-order valence-corrected chi connectivity index (χ0v) is 17.2. The highest BCUT2D eigenvalue weighted by Gasteiger charge is 2.19. The molecule has 0 aliphatic heterocycles. The molecule has 0 saturated heterocycles. The number of anilines is 1. The summed E-state index contributed by atoms with van der Waals surface area (Å²) >= 11 is 3.12. The van der Waals surface area contributed by atoms with Gasteiger partial charge in [-0.1, -0.05) is 11.2 Å². The summed E-state index contributed by atoms with van der Waals surface area (Å²) in [5.41, 5.74) is 0.752. The normalized spacial score (nSPS) is 11.6. The molecule has 0 saturated carbocycles. The molecule has 2 heterocycles. The number of ether oxygens (including phenoxy) is 1. The molecule has 0 bridgehead atoms. The summed E-state index contributed by atoms with van der Waals surface area (Å²) in [5, 5.41) is 12.7. The van der Waals surface area contributed by atoms with E-state index in [1.54, 1.807) is 6.07 Å². The number of nitrogens with zero attached hydrogens (tertiary/aromatic N) is 3. The van der Waals surface area contributed by atoms with Gasteiger partial charge in [-0.3, -0.25) is 4.72 Å². The van der Waals surface area contributed by atoms with Crippen LogP contribution in [0.5, 0.6) is 5.75 Å². The maximum Gasteiger partial charge on any atom is 0.263 e. The van der Waals surface area contributed by atoms with E-state index < -0.39 is 15.8 Å². The summed E-state index contributed by atoms with van der Waals surface area (Å²) in [6, 6.07) is 8.59. The van der Waals surface area contributed by atoms with E-state index in [0.29, 0.717) is 27.8 Å². The molecule has 4 aromatic rings. The van der Waals surface area contributed by atoms with Gasteiger partial charge in [0.1, 0.15) is 23.5 Å². The van der Waals surface area contributed by atoms with Crippen molar-refractivity contribution in [3.8, 4) is 17.0 Å². The van der Waals surface area contributed by atoms with Crippen molar-refractivity contribution in [1.29, 1.82) is 0 Å². The lowest BCUT2D eigenvalue weighted by atomic mass is 10.0. The van der Waals surface area contributed by atoms with Crippen LogP contribution in [-0.2, 0) is 10.0 Å². The molecule has 0 aliphatic rings. The quantitative estimate of drug-likeness (QED) is 0.461. The van der Waals surface area contributed by atoms with E-state index in [0.717, 1.165) is 0 Å². The Morgan fingerprint density at radius 3 is 2.76 bits per heavy atom. The minimum absolute atomic E-state index is 0.000835. The number of hydrogen-bond donors (Lipinski definition) is 1. The first-order chi connectivity index (χ1) is 13.9. The molecular formula is C18H12BrFN4O4S. The first-order valence-corrected chi connectivity index (χ1v) is 10.4. The SMILES string of the molecule is COc1cc(Br)c(F)cc1-c1nncc2cc(S(=O)(=O)Nc3ccon3)ccc12. The zero-order valence-electron chi connectivity index (χ0n) is 14.8. The van der Waals surface area contributed by atoms with Crippen LogP contribution in [0.3, 0.4) is 0 Å². The predicted octanol–water partition coefficient (Wildman–Crippen LogP) is 4.00. The number of fused-ring (bicyclic) bond motifs is 1. The second-order valence-electron chi connectivity index (χ2n) is 5.90. The molecule has 0 spiro atoms. The molecule has 8 nitrogen and oxygen atoms in total. The van der Waals surface area contributed by atoms with Crippen LogP contribution in [0.25, 0.3) is 22.0 Å². The molecule has 0 fully saturated rings. The highest BCUT2D eigenvalue weighted by atomic mass is 79.9. The fourth-order valence-corrected chi connectivity index (χ4v) is 4.13. The lowest BCUT2D eigenvalue weighted by Crippen LogP contribution is -2.13. The van der Waals surface area contributed by atoms with Crippen LogP contribution in [0.15, 0.2) is 62.7 Å². The lowest BCUT2D eigenvalue weighted by molar-refractivity contribution is 0.415. The van der Waals surface area contributed by atoms with E-state index >= 15 is 0 Å². The van der Waals surface area contributed by atoms with Gasteiger partial charge in [-0.15, -0.1) is 5.10 Å².